The molecule has 0 saturated heterocycles. The van der Waals surface area contributed by atoms with Crippen LogP contribution in [-0.2, 0) is 14.4 Å². The summed E-state index contributed by atoms with van der Waals surface area (Å²) < 4.78 is 43.1. The van der Waals surface area contributed by atoms with Gasteiger partial charge in [0.1, 0.15) is 11.9 Å². The summed E-state index contributed by atoms with van der Waals surface area (Å²) in [4.78, 5) is 52.4. The van der Waals surface area contributed by atoms with Gasteiger partial charge in [0.15, 0.2) is 18.1 Å². The van der Waals surface area contributed by atoms with Crippen molar-refractivity contribution >= 4 is 35.2 Å². The van der Waals surface area contributed by atoms with E-state index in [4.69, 9.17) is 30.5 Å². The molecule has 2 aromatic carbocycles. The van der Waals surface area contributed by atoms with Crippen molar-refractivity contribution in [3.8, 4) is 11.5 Å². The molecule has 7 N–H and O–H groups in total. The molecule has 3 amide bonds. The zero-order chi connectivity index (χ0) is 35.3. The number of nitrogens with one attached hydrogen (secondary N) is 4. The van der Waals surface area contributed by atoms with E-state index in [1.165, 1.54) is 11.1 Å². The number of nitrogens with two attached hydrogens (primary N) is 1. The number of pyridine rings is 1. The van der Waals surface area contributed by atoms with Gasteiger partial charge >= 0.3 is 12.1 Å². The number of nitrogen functional groups attached to an aromatic ring is 1. The second-order valence-electron chi connectivity index (χ2n) is 9.72. The van der Waals surface area contributed by atoms with Crippen molar-refractivity contribution in [3.05, 3.63) is 83.2 Å². The predicted octanol–water partition coefficient (Wildman–Crippen LogP) is 2.79. The van der Waals surface area contributed by atoms with Crippen LogP contribution in [0.4, 0.5) is 18.9 Å². The summed E-state index contributed by atoms with van der Waals surface area (Å²) in [6, 6.07) is 12.1. The van der Waals surface area contributed by atoms with Crippen molar-refractivity contribution in [1.82, 2.24) is 20.7 Å². The molecule has 0 saturated carbocycles. The summed E-state index contributed by atoms with van der Waals surface area (Å²) in [5.41, 5.74) is 13.1. The molecule has 0 radical (unpaired) electrons. The van der Waals surface area contributed by atoms with Crippen LogP contribution in [0.1, 0.15) is 40.0 Å². The second-order valence-corrected chi connectivity index (χ2v) is 9.72. The maximum Gasteiger partial charge on any atom is 0.490 e. The number of likely N-dealkylation sites (N-methyl/N-ethyl adjacent to an activating group) is 1. The van der Waals surface area contributed by atoms with Gasteiger partial charge in [0, 0.05) is 43.3 Å². The largest absolute Gasteiger partial charge is 0.490 e. The van der Waals surface area contributed by atoms with Crippen LogP contribution in [0.3, 0.4) is 0 Å². The number of carbonyl (C=O) groups is 4. The number of aliphatic carboxylic acids is 1. The van der Waals surface area contributed by atoms with E-state index >= 15 is 0 Å². The molecule has 0 aliphatic carbocycles. The van der Waals surface area contributed by atoms with Gasteiger partial charge in [-0.25, -0.2) is 4.79 Å². The molecule has 1 unspecified atom stereocenters. The van der Waals surface area contributed by atoms with Gasteiger partial charge in [0.2, 0.25) is 0 Å². The van der Waals surface area contributed by atoms with Crippen LogP contribution in [0.2, 0.25) is 0 Å². The minimum atomic E-state index is -5.08. The number of aryl methyl sites for hydroxylation is 1. The van der Waals surface area contributed by atoms with Crippen LogP contribution in [0.15, 0.2) is 60.9 Å². The molecule has 0 aliphatic heterocycles. The van der Waals surface area contributed by atoms with E-state index in [2.05, 4.69) is 21.2 Å². The number of carboxylic acid groups (broad SMARTS) is 1. The molecular formula is C30H34F3N7O7. The number of anilines is 1. The maximum atomic E-state index is 13.4. The summed E-state index contributed by atoms with van der Waals surface area (Å²) in [5, 5.41) is 17.9. The molecule has 0 fully saturated rings. The van der Waals surface area contributed by atoms with Crippen molar-refractivity contribution in [3.63, 3.8) is 0 Å². The highest BCUT2D eigenvalue weighted by Crippen LogP contribution is 2.32. The van der Waals surface area contributed by atoms with Gasteiger partial charge in [-0.15, -0.1) is 0 Å². The minimum absolute atomic E-state index is 0.0837. The number of hydrogen-bond donors (Lipinski definition) is 6. The number of benzene rings is 2. The first-order valence-corrected chi connectivity index (χ1v) is 13.7. The van der Waals surface area contributed by atoms with Crippen LogP contribution in [0, 0.1) is 12.3 Å². The number of amidine groups is 1. The maximum absolute atomic E-state index is 13.4. The van der Waals surface area contributed by atoms with Crippen molar-refractivity contribution in [2.24, 2.45) is 5.73 Å². The zero-order valence-electron chi connectivity index (χ0n) is 25.8. The Morgan fingerprint density at radius 2 is 1.66 bits per heavy atom. The number of alkyl halides is 3. The second kappa shape index (κ2) is 17.0. The fourth-order valence-corrected chi connectivity index (χ4v) is 3.56. The van der Waals surface area contributed by atoms with Gasteiger partial charge in [0.05, 0.1) is 6.61 Å². The number of amides is 3. The molecule has 0 aliphatic rings. The molecule has 252 valence electrons. The highest BCUT2D eigenvalue weighted by molar-refractivity contribution is 5.97. The van der Waals surface area contributed by atoms with E-state index in [9.17, 15) is 27.6 Å². The Morgan fingerprint density at radius 3 is 2.19 bits per heavy atom. The standard InChI is InChI=1S/C28H33N7O5.C2HF3O2/c1-5-39-23-14-19(8-11-22(23)40-16-24(36)35(3)4)25(32-20-9-6-18(7-10-20)26(29)30)28(38)34-33-27(37)21-12-13-31-15-17(21)2;3-2(4,5)1(6)7/h6-15,25,32H,5,16H2,1-4H3,(H3,29,30)(H,33,37)(H,34,38);(H,6,7). The molecule has 14 nitrogen and oxygen atoms in total. The first-order valence-electron chi connectivity index (χ1n) is 13.7. The lowest BCUT2D eigenvalue weighted by molar-refractivity contribution is -0.192. The monoisotopic (exact) mass is 661 g/mol. The molecule has 17 heteroatoms. The van der Waals surface area contributed by atoms with Crippen LogP contribution >= 0.6 is 0 Å². The fourth-order valence-electron chi connectivity index (χ4n) is 3.56. The van der Waals surface area contributed by atoms with Crippen LogP contribution < -0.4 is 31.4 Å². The minimum Gasteiger partial charge on any atom is -0.490 e. The highest BCUT2D eigenvalue weighted by atomic mass is 19.4. The molecule has 1 aromatic heterocycles. The van der Waals surface area contributed by atoms with Crippen molar-refractivity contribution < 1.29 is 46.9 Å². The van der Waals surface area contributed by atoms with Gasteiger partial charge in [-0.2, -0.15) is 13.2 Å². The van der Waals surface area contributed by atoms with Gasteiger partial charge in [0.25, 0.3) is 17.7 Å². The van der Waals surface area contributed by atoms with E-state index in [0.29, 0.717) is 46.0 Å². The number of nitrogens with zero attached hydrogens (tertiary/aromatic N) is 2. The number of hydrogen-bond acceptors (Lipinski definition) is 9. The molecule has 47 heavy (non-hydrogen) atoms. The first kappa shape index (κ1) is 37.3. The normalized spacial score (nSPS) is 11.1. The van der Waals surface area contributed by atoms with Crippen LogP contribution in [-0.4, -0.2) is 78.0 Å². The average Bonchev–Trinajstić information content (AvgIpc) is 3.02. The third kappa shape index (κ3) is 11.5. The van der Waals surface area contributed by atoms with Crippen molar-refractivity contribution in [2.45, 2.75) is 26.1 Å². The van der Waals surface area contributed by atoms with E-state index in [1.807, 2.05) is 0 Å². The molecule has 3 aromatic rings. The molecule has 3 rings (SSSR count). The SMILES string of the molecule is CCOc1cc(C(Nc2ccc(C(=N)N)cc2)C(=O)NNC(=O)c2ccncc2C)ccc1OCC(=O)N(C)C.O=C(O)C(F)(F)F. The average molecular weight is 662 g/mol. The fraction of sp³-hybridized carbons (Fsp3) is 0.267. The topological polar surface area (TPSA) is 209 Å². The summed E-state index contributed by atoms with van der Waals surface area (Å²) in [7, 11) is 3.26. The summed E-state index contributed by atoms with van der Waals surface area (Å²) in [6.45, 7) is 3.68. The smallest absolute Gasteiger partial charge is 0.490 e. The van der Waals surface area contributed by atoms with Crippen LogP contribution in [0.5, 0.6) is 11.5 Å². The van der Waals surface area contributed by atoms with Crippen molar-refractivity contribution in [1.29, 1.82) is 5.41 Å². The zero-order valence-corrected chi connectivity index (χ0v) is 25.8. The Labute approximate surface area is 267 Å². The first-order chi connectivity index (χ1) is 22.0. The number of hydrazine groups is 1. The Bertz CT molecular complexity index is 1580. The molecule has 1 atom stereocenters. The van der Waals surface area contributed by atoms with E-state index in [1.54, 1.807) is 82.7 Å². The number of carbonyl (C=O) groups excluding carboxylic acids is 3. The number of ether oxygens (including phenoxy) is 2. The van der Waals surface area contributed by atoms with E-state index < -0.39 is 30.0 Å². The number of carboxylic acids is 1. The van der Waals surface area contributed by atoms with Gasteiger partial charge < -0.3 is 30.5 Å². The highest BCUT2D eigenvalue weighted by Gasteiger charge is 2.38. The number of aromatic nitrogens is 1. The number of halogens is 3. The Morgan fingerprint density at radius 1 is 1.02 bits per heavy atom. The lowest BCUT2D eigenvalue weighted by Crippen LogP contribution is -2.45. The lowest BCUT2D eigenvalue weighted by atomic mass is 10.0. The van der Waals surface area contributed by atoms with Crippen LogP contribution in [0.25, 0.3) is 0 Å². The van der Waals surface area contributed by atoms with E-state index in [0.717, 1.165) is 0 Å². The molecule has 1 heterocycles. The molecular weight excluding hydrogens is 627 g/mol. The molecule has 0 bridgehead atoms. The summed E-state index contributed by atoms with van der Waals surface area (Å²) >= 11 is 0. The third-order valence-electron chi connectivity index (χ3n) is 6.03. The Hall–Kier alpha value is -5.87. The summed E-state index contributed by atoms with van der Waals surface area (Å²) in [5.74, 6) is -3.44. The van der Waals surface area contributed by atoms with Gasteiger partial charge in [-0.1, -0.05) is 6.07 Å². The Balaban J connectivity index is 0.000000984. The van der Waals surface area contributed by atoms with Gasteiger partial charge in [-0.3, -0.25) is 35.6 Å². The number of rotatable bonds is 11. The third-order valence-corrected chi connectivity index (χ3v) is 6.03. The Kier molecular flexibility index (Phi) is 13.5. The quantitative estimate of drug-likeness (QED) is 0.101. The summed E-state index contributed by atoms with van der Waals surface area (Å²) in [6.07, 6.45) is -2.04. The van der Waals surface area contributed by atoms with E-state index in [-0.39, 0.29) is 18.3 Å². The van der Waals surface area contributed by atoms with Gasteiger partial charge in [-0.05, 0) is 67.4 Å². The van der Waals surface area contributed by atoms with Crippen molar-refractivity contribution in [2.75, 3.05) is 32.6 Å². The lowest BCUT2D eigenvalue weighted by Gasteiger charge is -2.22. The predicted molar refractivity (Wildman–Crippen MR) is 164 cm³/mol. The molecule has 0 spiro atoms.